The molecule has 1 saturated carbocycles. The Morgan fingerprint density at radius 3 is 2.46 bits per heavy atom. The molecule has 0 aromatic heterocycles. The molecule has 6 nitrogen and oxygen atoms in total. The van der Waals surface area contributed by atoms with Gasteiger partial charge in [-0.05, 0) is 39.2 Å². The average molecular weight is 334 g/mol. The molecule has 24 heavy (non-hydrogen) atoms. The normalized spacial score (nSPS) is 15.5. The summed E-state index contributed by atoms with van der Waals surface area (Å²) in [5.74, 6) is -0.239. The van der Waals surface area contributed by atoms with Crippen molar-refractivity contribution in [3.63, 3.8) is 0 Å². The Bertz CT molecular complexity index is 550. The second-order valence-corrected chi connectivity index (χ2v) is 6.98. The van der Waals surface area contributed by atoms with E-state index in [4.69, 9.17) is 9.47 Å². The lowest BCUT2D eigenvalue weighted by Crippen LogP contribution is -2.51. The second-order valence-electron chi connectivity index (χ2n) is 6.98. The summed E-state index contributed by atoms with van der Waals surface area (Å²) in [4.78, 5) is 24.2. The van der Waals surface area contributed by atoms with E-state index >= 15 is 0 Å². The van der Waals surface area contributed by atoms with Crippen molar-refractivity contribution in [2.45, 2.75) is 57.9 Å². The van der Waals surface area contributed by atoms with Gasteiger partial charge in [-0.1, -0.05) is 30.3 Å². The van der Waals surface area contributed by atoms with Gasteiger partial charge in [-0.2, -0.15) is 0 Å². The summed E-state index contributed by atoms with van der Waals surface area (Å²) in [5.41, 5.74) is 0.392. The maximum atomic E-state index is 12.3. The number of carbonyl (C=O) groups is 2. The van der Waals surface area contributed by atoms with Gasteiger partial charge in [0.05, 0.1) is 13.2 Å². The summed E-state index contributed by atoms with van der Waals surface area (Å²) in [5, 5.41) is 5.48. The minimum absolute atomic E-state index is 0.0900. The van der Waals surface area contributed by atoms with Crippen molar-refractivity contribution >= 4 is 12.0 Å². The van der Waals surface area contributed by atoms with E-state index in [1.807, 2.05) is 30.3 Å². The van der Waals surface area contributed by atoms with Crippen molar-refractivity contribution in [3.8, 4) is 0 Å². The quantitative estimate of drug-likeness (QED) is 0.803. The van der Waals surface area contributed by atoms with Crippen LogP contribution in [0.25, 0.3) is 0 Å². The largest absolute Gasteiger partial charge is 0.444 e. The van der Waals surface area contributed by atoms with Gasteiger partial charge in [-0.25, -0.2) is 4.79 Å². The summed E-state index contributed by atoms with van der Waals surface area (Å²) >= 11 is 0. The Balaban J connectivity index is 1.86. The minimum atomic E-state index is -0.774. The highest BCUT2D eigenvalue weighted by Gasteiger charge is 2.29. The molecule has 0 saturated heterocycles. The van der Waals surface area contributed by atoms with Crippen molar-refractivity contribution in [3.05, 3.63) is 35.9 Å². The fraction of sp³-hybridized carbons (Fsp3) is 0.556. The van der Waals surface area contributed by atoms with Crippen LogP contribution in [-0.4, -0.2) is 36.3 Å². The molecule has 6 heteroatoms. The van der Waals surface area contributed by atoms with E-state index in [2.05, 4.69) is 10.6 Å². The number of hydrogen-bond acceptors (Lipinski definition) is 4. The molecule has 0 heterocycles. The average Bonchev–Trinajstić information content (AvgIpc) is 3.29. The fourth-order valence-corrected chi connectivity index (χ4v) is 2.03. The molecule has 132 valence electrons. The van der Waals surface area contributed by atoms with Crippen molar-refractivity contribution < 1.29 is 19.1 Å². The third-order valence-corrected chi connectivity index (χ3v) is 3.33. The van der Waals surface area contributed by atoms with Gasteiger partial charge in [0.2, 0.25) is 5.91 Å². The van der Waals surface area contributed by atoms with E-state index in [0.717, 1.165) is 18.4 Å². The van der Waals surface area contributed by atoms with Crippen LogP contribution in [0.3, 0.4) is 0 Å². The predicted octanol–water partition coefficient (Wildman–Crippen LogP) is 2.38. The van der Waals surface area contributed by atoms with Gasteiger partial charge in [-0.3, -0.25) is 4.79 Å². The summed E-state index contributed by atoms with van der Waals surface area (Å²) in [6.45, 7) is 5.80. The predicted molar refractivity (Wildman–Crippen MR) is 90.4 cm³/mol. The van der Waals surface area contributed by atoms with Crippen LogP contribution in [0.4, 0.5) is 4.79 Å². The number of rotatable bonds is 7. The highest BCUT2D eigenvalue weighted by molar-refractivity contribution is 5.86. The van der Waals surface area contributed by atoms with Gasteiger partial charge in [0.1, 0.15) is 11.6 Å². The zero-order valence-corrected chi connectivity index (χ0v) is 14.5. The maximum Gasteiger partial charge on any atom is 0.408 e. The third kappa shape index (κ3) is 7.00. The lowest BCUT2D eigenvalue weighted by molar-refractivity contribution is -0.125. The van der Waals surface area contributed by atoms with Crippen LogP contribution in [-0.2, 0) is 20.9 Å². The van der Waals surface area contributed by atoms with E-state index in [0.29, 0.717) is 6.61 Å². The molecule has 0 spiro atoms. The third-order valence-electron chi connectivity index (χ3n) is 3.33. The molecular formula is C18H26N2O4. The topological polar surface area (TPSA) is 76.7 Å². The highest BCUT2D eigenvalue weighted by atomic mass is 16.6. The molecule has 1 fully saturated rings. The Morgan fingerprint density at radius 1 is 1.21 bits per heavy atom. The van der Waals surface area contributed by atoms with Gasteiger partial charge in [0.25, 0.3) is 0 Å². The number of carbonyl (C=O) groups excluding carboxylic acids is 2. The smallest absolute Gasteiger partial charge is 0.408 e. The molecule has 2 rings (SSSR count). The monoisotopic (exact) mass is 334 g/mol. The van der Waals surface area contributed by atoms with Crippen molar-refractivity contribution in [1.82, 2.24) is 10.6 Å². The first-order valence-electron chi connectivity index (χ1n) is 8.25. The van der Waals surface area contributed by atoms with Gasteiger partial charge in [-0.15, -0.1) is 0 Å². The zero-order valence-electron chi connectivity index (χ0n) is 14.5. The molecule has 1 aromatic carbocycles. The van der Waals surface area contributed by atoms with Crippen LogP contribution in [0, 0.1) is 0 Å². The minimum Gasteiger partial charge on any atom is -0.444 e. The van der Waals surface area contributed by atoms with Crippen LogP contribution in [0.15, 0.2) is 30.3 Å². The van der Waals surface area contributed by atoms with Crippen molar-refractivity contribution in [2.75, 3.05) is 6.61 Å². The fourth-order valence-electron chi connectivity index (χ4n) is 2.03. The van der Waals surface area contributed by atoms with Gasteiger partial charge >= 0.3 is 6.09 Å². The lowest BCUT2D eigenvalue weighted by Gasteiger charge is -2.23. The van der Waals surface area contributed by atoms with E-state index in [9.17, 15) is 9.59 Å². The molecule has 2 N–H and O–H groups in total. The lowest BCUT2D eigenvalue weighted by atomic mass is 10.2. The Labute approximate surface area is 142 Å². The molecular weight excluding hydrogens is 308 g/mol. The second kappa shape index (κ2) is 8.15. The first-order valence-corrected chi connectivity index (χ1v) is 8.25. The molecule has 0 bridgehead atoms. The summed E-state index contributed by atoms with van der Waals surface area (Å²) < 4.78 is 10.8. The zero-order chi connectivity index (χ0) is 17.6. The van der Waals surface area contributed by atoms with Crippen LogP contribution < -0.4 is 10.6 Å². The Kier molecular flexibility index (Phi) is 6.20. The Hall–Kier alpha value is -2.08. The first kappa shape index (κ1) is 18.3. The molecule has 2 amide bonds. The summed E-state index contributed by atoms with van der Waals surface area (Å²) in [6.07, 6.45) is 1.34. The summed E-state index contributed by atoms with van der Waals surface area (Å²) in [6, 6.07) is 9.11. The molecule has 0 radical (unpaired) electrons. The first-order chi connectivity index (χ1) is 11.3. The van der Waals surface area contributed by atoms with E-state index in [1.54, 1.807) is 20.8 Å². The molecule has 1 aliphatic rings. The van der Waals surface area contributed by atoms with E-state index in [1.165, 1.54) is 0 Å². The number of benzene rings is 1. The Morgan fingerprint density at radius 2 is 1.88 bits per heavy atom. The SMILES string of the molecule is CC(C)(C)OC(=O)N[C@@H](COCc1ccccc1)C(=O)NC1CC1. The number of hydrogen-bond donors (Lipinski definition) is 2. The molecule has 1 atom stereocenters. The number of amides is 2. The van der Waals surface area contributed by atoms with E-state index < -0.39 is 17.7 Å². The molecule has 0 unspecified atom stereocenters. The molecule has 0 aliphatic heterocycles. The van der Waals surface area contributed by atoms with Crippen molar-refractivity contribution in [2.24, 2.45) is 0 Å². The molecule has 1 aromatic rings. The maximum absolute atomic E-state index is 12.3. The van der Waals surface area contributed by atoms with Gasteiger partial charge < -0.3 is 20.1 Å². The van der Waals surface area contributed by atoms with Gasteiger partial charge in [0, 0.05) is 6.04 Å². The van der Waals surface area contributed by atoms with E-state index in [-0.39, 0.29) is 18.6 Å². The number of alkyl carbamates (subject to hydrolysis) is 1. The summed E-state index contributed by atoms with van der Waals surface area (Å²) in [7, 11) is 0. The van der Waals surface area contributed by atoms with Crippen LogP contribution >= 0.6 is 0 Å². The van der Waals surface area contributed by atoms with Crippen LogP contribution in [0.2, 0.25) is 0 Å². The number of nitrogens with one attached hydrogen (secondary N) is 2. The van der Waals surface area contributed by atoms with Crippen LogP contribution in [0.1, 0.15) is 39.2 Å². The number of ether oxygens (including phenoxy) is 2. The highest BCUT2D eigenvalue weighted by Crippen LogP contribution is 2.18. The standard InChI is InChI=1S/C18H26N2O4/c1-18(2,3)24-17(22)20-15(16(21)19-14-9-10-14)12-23-11-13-7-5-4-6-8-13/h4-8,14-15H,9-12H2,1-3H3,(H,19,21)(H,20,22)/t15-/m0/s1. The van der Waals surface area contributed by atoms with Crippen molar-refractivity contribution in [1.29, 1.82) is 0 Å². The molecule has 1 aliphatic carbocycles. The van der Waals surface area contributed by atoms with Crippen LogP contribution in [0.5, 0.6) is 0 Å². The van der Waals surface area contributed by atoms with Gasteiger partial charge in [0.15, 0.2) is 0 Å².